The van der Waals surface area contributed by atoms with E-state index in [4.69, 9.17) is 5.11 Å². The molecule has 2 aliphatic rings. The van der Waals surface area contributed by atoms with Gasteiger partial charge in [-0.25, -0.2) is 0 Å². The highest BCUT2D eigenvalue weighted by molar-refractivity contribution is 5.45. The van der Waals surface area contributed by atoms with Crippen molar-refractivity contribution in [3.8, 4) is 0 Å². The van der Waals surface area contributed by atoms with E-state index < -0.39 is 11.7 Å². The third-order valence-corrected chi connectivity index (χ3v) is 4.33. The number of fused-ring (bicyclic) bond motifs is 1. The molecule has 30 heavy (non-hydrogen) atoms. The smallest absolute Gasteiger partial charge is 0.381 e. The van der Waals surface area contributed by atoms with Gasteiger partial charge in [0.1, 0.15) is 6.17 Å². The fourth-order valence-electron chi connectivity index (χ4n) is 2.79. The van der Waals surface area contributed by atoms with E-state index in [2.05, 4.69) is 26.8 Å². The van der Waals surface area contributed by atoms with Gasteiger partial charge in [-0.3, -0.25) is 16.2 Å². The van der Waals surface area contributed by atoms with Crippen LogP contribution in [-0.2, 0) is 0 Å². The van der Waals surface area contributed by atoms with Crippen molar-refractivity contribution in [2.45, 2.75) is 12.3 Å². The van der Waals surface area contributed by atoms with Crippen molar-refractivity contribution in [1.29, 1.82) is 0 Å². The summed E-state index contributed by atoms with van der Waals surface area (Å²) in [5, 5.41) is 17.2. The first-order valence-electron chi connectivity index (χ1n) is 9.61. The second-order valence-electron chi connectivity index (χ2n) is 6.55. The number of hydrazine groups is 1. The molecule has 0 spiro atoms. The lowest BCUT2D eigenvalue weighted by molar-refractivity contribution is -0.0927. The highest BCUT2D eigenvalue weighted by atomic mass is 19.4. The molecule has 1 atom stereocenters. The molecule has 0 saturated heterocycles. The minimum absolute atomic E-state index is 0.0833. The van der Waals surface area contributed by atoms with Crippen LogP contribution in [0.3, 0.4) is 0 Å². The molecule has 2 aliphatic heterocycles. The molecule has 166 valence electrons. The lowest BCUT2D eigenvalue weighted by atomic mass is 10.0. The fourth-order valence-corrected chi connectivity index (χ4v) is 2.79. The second-order valence-corrected chi connectivity index (χ2v) is 6.55. The molecule has 2 rings (SSSR count). The molecule has 0 aromatic rings. The average Bonchev–Trinajstić information content (AvgIpc) is 3.18. The normalized spacial score (nSPS) is 19.4. The SMILES string of the molecule is CNC\C(=C/C=C/C=C(/CNNCCNCO)C1=CN2C=CNC2C=C1)C(F)(F)F. The first-order valence-corrected chi connectivity index (χ1v) is 9.61. The van der Waals surface area contributed by atoms with Crippen LogP contribution in [0.4, 0.5) is 13.2 Å². The van der Waals surface area contributed by atoms with Gasteiger partial charge in [-0.05, 0) is 24.3 Å². The van der Waals surface area contributed by atoms with Crippen molar-refractivity contribution in [1.82, 2.24) is 31.7 Å². The molecular weight excluding hydrogens is 397 g/mol. The van der Waals surface area contributed by atoms with Crippen LogP contribution in [0, 0.1) is 0 Å². The molecule has 1 unspecified atom stereocenters. The lowest BCUT2D eigenvalue weighted by Crippen LogP contribution is -2.39. The van der Waals surface area contributed by atoms with E-state index in [0.717, 1.165) is 17.2 Å². The van der Waals surface area contributed by atoms with Gasteiger partial charge in [-0.15, -0.1) is 0 Å². The molecule has 0 radical (unpaired) electrons. The molecule has 10 heteroatoms. The van der Waals surface area contributed by atoms with Crippen molar-refractivity contribution in [2.75, 3.05) is 40.0 Å². The molecule has 7 nitrogen and oxygen atoms in total. The number of aliphatic hydroxyl groups excluding tert-OH is 1. The van der Waals surface area contributed by atoms with Gasteiger partial charge in [-0.1, -0.05) is 30.4 Å². The first-order chi connectivity index (χ1) is 14.5. The Balaban J connectivity index is 2.08. The van der Waals surface area contributed by atoms with Crippen LogP contribution in [-0.4, -0.2) is 62.3 Å². The number of rotatable bonds is 12. The van der Waals surface area contributed by atoms with Crippen LogP contribution >= 0.6 is 0 Å². The Morgan fingerprint density at radius 2 is 2.00 bits per heavy atom. The largest absolute Gasteiger partial charge is 0.413 e. The maximum atomic E-state index is 13.0. The van der Waals surface area contributed by atoms with Crippen LogP contribution < -0.4 is 26.8 Å². The minimum atomic E-state index is -4.37. The van der Waals surface area contributed by atoms with Gasteiger partial charge < -0.3 is 20.6 Å². The Bertz CT molecular complexity index is 725. The Morgan fingerprint density at radius 1 is 1.20 bits per heavy atom. The van der Waals surface area contributed by atoms with Crippen molar-refractivity contribution in [3.05, 3.63) is 71.8 Å². The Morgan fingerprint density at radius 3 is 2.73 bits per heavy atom. The molecule has 0 aromatic heterocycles. The number of nitrogens with zero attached hydrogens (tertiary/aromatic N) is 1. The molecular formula is C20H29F3N6O. The summed E-state index contributed by atoms with van der Waals surface area (Å²) in [6, 6.07) is 0. The van der Waals surface area contributed by atoms with Crippen molar-refractivity contribution >= 4 is 0 Å². The molecule has 0 bridgehead atoms. The van der Waals surface area contributed by atoms with Gasteiger partial charge in [-0.2, -0.15) is 13.2 Å². The third-order valence-electron chi connectivity index (χ3n) is 4.33. The van der Waals surface area contributed by atoms with Gasteiger partial charge in [0.2, 0.25) is 0 Å². The van der Waals surface area contributed by atoms with Crippen molar-refractivity contribution in [3.63, 3.8) is 0 Å². The molecule has 6 N–H and O–H groups in total. The van der Waals surface area contributed by atoms with Crippen LogP contribution in [0.1, 0.15) is 0 Å². The summed E-state index contributed by atoms with van der Waals surface area (Å²) < 4.78 is 38.9. The highest BCUT2D eigenvalue weighted by Crippen LogP contribution is 2.25. The number of hydrogen-bond donors (Lipinski definition) is 6. The summed E-state index contributed by atoms with van der Waals surface area (Å²) in [5.74, 6) is 0. The molecule has 0 aliphatic carbocycles. The molecule has 0 amide bonds. The monoisotopic (exact) mass is 426 g/mol. The zero-order valence-electron chi connectivity index (χ0n) is 16.8. The van der Waals surface area contributed by atoms with Gasteiger partial charge in [0.25, 0.3) is 0 Å². The van der Waals surface area contributed by atoms with E-state index in [9.17, 15) is 13.2 Å². The van der Waals surface area contributed by atoms with Crippen LogP contribution in [0.25, 0.3) is 0 Å². The Kier molecular flexibility index (Phi) is 9.84. The summed E-state index contributed by atoms with van der Waals surface area (Å²) in [6.07, 6.45) is 11.3. The zero-order valence-corrected chi connectivity index (χ0v) is 16.8. The first kappa shape index (κ1) is 23.9. The van der Waals surface area contributed by atoms with Gasteiger partial charge in [0, 0.05) is 50.4 Å². The van der Waals surface area contributed by atoms with Gasteiger partial charge in [0.15, 0.2) is 0 Å². The summed E-state index contributed by atoms with van der Waals surface area (Å²) in [7, 11) is 1.48. The quantitative estimate of drug-likeness (QED) is 0.120. The van der Waals surface area contributed by atoms with E-state index in [-0.39, 0.29) is 19.4 Å². The summed E-state index contributed by atoms with van der Waals surface area (Å²) in [6.45, 7) is 1.31. The second kappa shape index (κ2) is 12.4. The number of halogens is 3. The third kappa shape index (κ3) is 7.81. The number of aliphatic hydroxyl groups is 1. The van der Waals surface area contributed by atoms with Crippen LogP contribution in [0.2, 0.25) is 0 Å². The van der Waals surface area contributed by atoms with E-state index >= 15 is 0 Å². The van der Waals surface area contributed by atoms with Crippen molar-refractivity contribution in [2.24, 2.45) is 0 Å². The van der Waals surface area contributed by atoms with E-state index in [1.807, 2.05) is 35.7 Å². The standard InChI is InChI=1S/C20H29F3N6O/c1-24-13-18(20(21,22)23)5-3-2-4-16(12-28-27-9-8-25-15-30)17-6-7-19-26-10-11-29(19)14-17/h2-7,10-11,14,19,24-28,30H,8-9,12-13,15H2,1H3/b3-2+,16-4-,18-5+. The average molecular weight is 426 g/mol. The lowest BCUT2D eigenvalue weighted by Gasteiger charge is -2.25. The topological polar surface area (TPSA) is 83.6 Å². The number of allylic oxidation sites excluding steroid dienone is 5. The Hall–Kier alpha value is -2.37. The Labute approximate surface area is 174 Å². The number of hydrogen-bond acceptors (Lipinski definition) is 7. The maximum Gasteiger partial charge on any atom is 0.413 e. The number of alkyl halides is 3. The van der Waals surface area contributed by atoms with E-state index in [1.54, 1.807) is 12.2 Å². The van der Waals surface area contributed by atoms with E-state index in [0.29, 0.717) is 19.6 Å². The minimum Gasteiger partial charge on any atom is -0.381 e. The predicted octanol–water partition coefficient (Wildman–Crippen LogP) is 0.967. The summed E-state index contributed by atoms with van der Waals surface area (Å²) in [4.78, 5) is 2.01. The zero-order chi connectivity index (χ0) is 21.8. The van der Waals surface area contributed by atoms with E-state index in [1.165, 1.54) is 13.1 Å². The van der Waals surface area contributed by atoms with Crippen LogP contribution in [0.5, 0.6) is 0 Å². The number of likely N-dealkylation sites (N-methyl/N-ethyl adjacent to an activating group) is 1. The van der Waals surface area contributed by atoms with Gasteiger partial charge >= 0.3 is 6.18 Å². The molecule has 2 heterocycles. The summed E-state index contributed by atoms with van der Waals surface area (Å²) >= 11 is 0. The molecule has 0 saturated carbocycles. The van der Waals surface area contributed by atoms with Gasteiger partial charge in [0.05, 0.1) is 6.73 Å². The molecule has 0 aromatic carbocycles. The summed E-state index contributed by atoms with van der Waals surface area (Å²) in [5.41, 5.74) is 7.33. The number of nitrogens with one attached hydrogen (secondary N) is 5. The van der Waals surface area contributed by atoms with Crippen molar-refractivity contribution < 1.29 is 18.3 Å². The fraction of sp³-hybridized carbons (Fsp3) is 0.400. The maximum absolute atomic E-state index is 13.0. The highest BCUT2D eigenvalue weighted by Gasteiger charge is 2.32. The predicted molar refractivity (Wildman–Crippen MR) is 112 cm³/mol. The molecule has 0 fully saturated rings. The van der Waals surface area contributed by atoms with Crippen LogP contribution in [0.15, 0.2) is 71.8 Å².